The summed E-state index contributed by atoms with van der Waals surface area (Å²) in [5.74, 6) is 1.17. The van der Waals surface area contributed by atoms with Crippen LogP contribution < -0.4 is 4.74 Å². The van der Waals surface area contributed by atoms with E-state index in [9.17, 15) is 5.11 Å². The molecule has 5 aromatic carbocycles. The lowest BCUT2D eigenvalue weighted by Crippen LogP contribution is -2.26. The molecule has 5 aromatic rings. The van der Waals surface area contributed by atoms with Crippen molar-refractivity contribution in [1.29, 1.82) is 0 Å². The van der Waals surface area contributed by atoms with Gasteiger partial charge in [-0.2, -0.15) is 0 Å². The molecule has 0 saturated heterocycles. The van der Waals surface area contributed by atoms with Crippen LogP contribution in [0.25, 0.3) is 0 Å². The van der Waals surface area contributed by atoms with Gasteiger partial charge in [-0.1, -0.05) is 146 Å². The van der Waals surface area contributed by atoms with Gasteiger partial charge >= 0.3 is 0 Å². The number of rotatable bonds is 20. The third kappa shape index (κ3) is 13.6. The molecule has 0 aliphatic heterocycles. The molecule has 2 aliphatic rings. The Bertz CT molecular complexity index is 1900. The van der Waals surface area contributed by atoms with Crippen molar-refractivity contribution in [3.8, 4) is 5.75 Å². The average molecular weight is 769 g/mol. The summed E-state index contributed by atoms with van der Waals surface area (Å²) < 4.78 is 35.7. The fourth-order valence-corrected chi connectivity index (χ4v) is 7.11. The molecule has 0 unspecified atom stereocenters. The molecule has 0 heterocycles. The van der Waals surface area contributed by atoms with Gasteiger partial charge in [-0.15, -0.1) is 0 Å². The molecular weight excluding hydrogens is 713 g/mol. The van der Waals surface area contributed by atoms with Gasteiger partial charge in [-0.25, -0.2) is 0 Å². The molecule has 2 aliphatic carbocycles. The summed E-state index contributed by atoms with van der Waals surface area (Å²) in [4.78, 5) is 0. The van der Waals surface area contributed by atoms with Gasteiger partial charge in [-0.05, 0) is 63.9 Å². The van der Waals surface area contributed by atoms with Crippen molar-refractivity contribution in [3.63, 3.8) is 0 Å². The summed E-state index contributed by atoms with van der Waals surface area (Å²) in [6, 6.07) is 48.9. The van der Waals surface area contributed by atoms with E-state index in [0.29, 0.717) is 52.9 Å². The zero-order chi connectivity index (χ0) is 39.3. The third-order valence-corrected chi connectivity index (χ3v) is 10.4. The first-order valence-electron chi connectivity index (χ1n) is 19.9. The maximum atomic E-state index is 9.58. The summed E-state index contributed by atoms with van der Waals surface area (Å²) >= 11 is 0. The van der Waals surface area contributed by atoms with Crippen LogP contribution in [0.3, 0.4) is 0 Å². The van der Waals surface area contributed by atoms with Crippen LogP contribution in [-0.2, 0) is 56.7 Å². The number of methoxy groups -OCH3 is 1. The van der Waals surface area contributed by atoms with Gasteiger partial charge in [-0.3, -0.25) is 0 Å². The van der Waals surface area contributed by atoms with Crippen LogP contribution in [0.1, 0.15) is 40.7 Å². The van der Waals surface area contributed by atoms with Crippen LogP contribution in [0.5, 0.6) is 5.75 Å². The Morgan fingerprint density at radius 1 is 0.439 bits per heavy atom. The van der Waals surface area contributed by atoms with Crippen LogP contribution in [0, 0.1) is 11.8 Å². The topological polar surface area (TPSA) is 75.6 Å². The summed E-state index contributed by atoms with van der Waals surface area (Å²) in [5.41, 5.74) is 8.11. The summed E-state index contributed by atoms with van der Waals surface area (Å²) in [6.07, 6.45) is 6.24. The molecule has 7 heteroatoms. The van der Waals surface area contributed by atoms with Gasteiger partial charge in [0, 0.05) is 11.8 Å². The van der Waals surface area contributed by atoms with E-state index in [4.69, 9.17) is 28.4 Å². The highest BCUT2D eigenvalue weighted by atomic mass is 16.5. The molecule has 1 N–H and O–H groups in total. The number of aliphatic hydroxyl groups excluding tert-OH is 1. The summed E-state index contributed by atoms with van der Waals surface area (Å²) in [6.45, 7) is 4.79. The van der Waals surface area contributed by atoms with Gasteiger partial charge in [0.05, 0.1) is 78.8 Å². The normalized spacial score (nSPS) is 18.7. The predicted molar refractivity (Wildman–Crippen MR) is 224 cm³/mol. The smallest absolute Gasteiger partial charge is 0.118 e. The molecule has 7 rings (SSSR count). The molecule has 57 heavy (non-hydrogen) atoms. The van der Waals surface area contributed by atoms with Crippen molar-refractivity contribution in [2.75, 3.05) is 33.5 Å². The van der Waals surface area contributed by atoms with Gasteiger partial charge in [0.2, 0.25) is 0 Å². The molecule has 7 nitrogen and oxygen atoms in total. The van der Waals surface area contributed by atoms with Crippen LogP contribution in [-0.4, -0.2) is 50.9 Å². The van der Waals surface area contributed by atoms with Crippen molar-refractivity contribution in [2.45, 2.75) is 58.1 Å². The summed E-state index contributed by atoms with van der Waals surface area (Å²) in [7, 11) is 1.67. The zero-order valence-electron chi connectivity index (χ0n) is 33.0. The number of hydrogen-bond acceptors (Lipinski definition) is 7. The standard InChI is InChI=1S/C29H32O4.C21H24O3/c1-30-27-15-12-25(13-16-27)19-31-21-26-14-17-29(33-20-24-10-6-3-7-11-24)28(26)22-32-18-23-8-4-2-5-9-23;22-13-19-11-12-21(24-15-18-9-5-2-6-10-18)20(19)16-23-14-17-7-3-1-4-8-17/h2-16,28-29H,17-22H2,1H3;1-11,20-22H,12-16H2/t28-,29-;20-,21-/m00/s1. The first-order valence-corrected chi connectivity index (χ1v) is 19.9. The minimum Gasteiger partial charge on any atom is -0.497 e. The largest absolute Gasteiger partial charge is 0.497 e. The van der Waals surface area contributed by atoms with Crippen LogP contribution >= 0.6 is 0 Å². The Balaban J connectivity index is 0.000000203. The van der Waals surface area contributed by atoms with E-state index in [2.05, 4.69) is 60.7 Å². The van der Waals surface area contributed by atoms with E-state index in [1.165, 1.54) is 22.3 Å². The Morgan fingerprint density at radius 2 is 0.825 bits per heavy atom. The minimum atomic E-state index is 0.0723. The molecule has 0 aromatic heterocycles. The highest BCUT2D eigenvalue weighted by molar-refractivity contribution is 5.27. The van der Waals surface area contributed by atoms with Crippen LogP contribution in [0.2, 0.25) is 0 Å². The van der Waals surface area contributed by atoms with Crippen LogP contribution in [0.4, 0.5) is 0 Å². The molecular formula is C50H56O7. The molecule has 0 amide bonds. The first-order chi connectivity index (χ1) is 28.2. The lowest BCUT2D eigenvalue weighted by atomic mass is 10.0. The Hall–Kier alpha value is -4.86. The van der Waals surface area contributed by atoms with Crippen molar-refractivity contribution in [2.24, 2.45) is 11.8 Å². The highest BCUT2D eigenvalue weighted by Gasteiger charge is 2.32. The zero-order valence-corrected chi connectivity index (χ0v) is 33.0. The number of ether oxygens (including phenoxy) is 6. The number of aliphatic hydroxyl groups is 1. The number of benzene rings is 5. The van der Waals surface area contributed by atoms with Crippen LogP contribution in [0.15, 0.2) is 169 Å². The average Bonchev–Trinajstić information content (AvgIpc) is 3.86. The monoisotopic (exact) mass is 768 g/mol. The SMILES string of the molecule is COc1ccc(COCC2=CC[C@H](OCc3ccccc3)[C@H]2COCc2ccccc2)cc1.OCC1=CC[C@H](OCc2ccccc2)[C@H]1COCc1ccccc1. The van der Waals surface area contributed by atoms with Crippen molar-refractivity contribution in [1.82, 2.24) is 0 Å². The van der Waals surface area contributed by atoms with Gasteiger partial charge in [0.15, 0.2) is 0 Å². The summed E-state index contributed by atoms with van der Waals surface area (Å²) in [5, 5.41) is 9.58. The van der Waals surface area contributed by atoms with Gasteiger partial charge in [0.25, 0.3) is 0 Å². The molecule has 4 atom stereocenters. The molecule has 298 valence electrons. The molecule has 0 saturated carbocycles. The van der Waals surface area contributed by atoms with Crippen molar-refractivity contribution < 1.29 is 33.5 Å². The second-order valence-electron chi connectivity index (χ2n) is 14.4. The minimum absolute atomic E-state index is 0.0723. The second kappa shape index (κ2) is 23.4. The maximum Gasteiger partial charge on any atom is 0.118 e. The maximum absolute atomic E-state index is 9.58. The highest BCUT2D eigenvalue weighted by Crippen LogP contribution is 2.32. The first kappa shape index (κ1) is 41.8. The quantitative estimate of drug-likeness (QED) is 0.0791. The van der Waals surface area contributed by atoms with Gasteiger partial charge in [0.1, 0.15) is 5.75 Å². The van der Waals surface area contributed by atoms with E-state index < -0.39 is 0 Å². The van der Waals surface area contributed by atoms with E-state index >= 15 is 0 Å². The van der Waals surface area contributed by atoms with E-state index in [1.807, 2.05) is 97.1 Å². The lowest BCUT2D eigenvalue weighted by molar-refractivity contribution is -0.0174. The Kier molecular flexibility index (Phi) is 17.1. The molecule has 0 bridgehead atoms. The molecule has 0 radical (unpaired) electrons. The number of hydrogen-bond donors (Lipinski definition) is 1. The van der Waals surface area contributed by atoms with E-state index in [1.54, 1.807) is 7.11 Å². The van der Waals surface area contributed by atoms with E-state index in [-0.39, 0.29) is 30.7 Å². The van der Waals surface area contributed by atoms with Crippen molar-refractivity contribution >= 4 is 0 Å². The molecule has 0 fully saturated rings. The predicted octanol–water partition coefficient (Wildman–Crippen LogP) is 9.69. The van der Waals surface area contributed by atoms with Crippen molar-refractivity contribution in [3.05, 3.63) is 197 Å². The fraction of sp³-hybridized carbons (Fsp3) is 0.320. The Morgan fingerprint density at radius 3 is 1.26 bits per heavy atom. The lowest BCUT2D eigenvalue weighted by Gasteiger charge is -2.24. The van der Waals surface area contributed by atoms with E-state index in [0.717, 1.165) is 35.3 Å². The second-order valence-corrected chi connectivity index (χ2v) is 14.4. The fourth-order valence-electron chi connectivity index (χ4n) is 7.11. The molecule has 0 spiro atoms. The van der Waals surface area contributed by atoms with Gasteiger partial charge < -0.3 is 33.5 Å². The Labute approximate surface area is 338 Å². The third-order valence-electron chi connectivity index (χ3n) is 10.4.